The number of ether oxygens (including phenoxy) is 2. The second-order valence-electron chi connectivity index (χ2n) is 3.49. The summed E-state index contributed by atoms with van der Waals surface area (Å²) in [6, 6.07) is 7.14. The van der Waals surface area contributed by atoms with Crippen molar-refractivity contribution in [1.82, 2.24) is 0 Å². The molecular weight excluding hydrogens is 220 g/mol. The third-order valence-corrected chi connectivity index (χ3v) is 2.14. The summed E-state index contributed by atoms with van der Waals surface area (Å²) in [5.41, 5.74) is 6.89. The molecule has 1 aromatic rings. The average Bonchev–Trinajstić information content (AvgIpc) is 2.32. The molecule has 5 nitrogen and oxygen atoms in total. The number of nitrogens with two attached hydrogens (primary N) is 1. The topological polar surface area (TPSA) is 73.6 Å². The SMILES string of the molecule is COCCOCCC(=O)Nc1ccccc1N. The van der Waals surface area contributed by atoms with Crippen LogP contribution in [0.15, 0.2) is 24.3 Å². The van der Waals surface area contributed by atoms with Crippen molar-refractivity contribution in [3.63, 3.8) is 0 Å². The van der Waals surface area contributed by atoms with E-state index >= 15 is 0 Å². The van der Waals surface area contributed by atoms with E-state index in [0.29, 0.717) is 37.6 Å². The largest absolute Gasteiger partial charge is 0.397 e. The Labute approximate surface area is 101 Å². The van der Waals surface area contributed by atoms with Gasteiger partial charge in [0, 0.05) is 7.11 Å². The Morgan fingerprint density at radius 1 is 1.29 bits per heavy atom. The van der Waals surface area contributed by atoms with Crippen LogP contribution >= 0.6 is 0 Å². The lowest BCUT2D eigenvalue weighted by molar-refractivity contribution is -0.117. The summed E-state index contributed by atoms with van der Waals surface area (Å²) in [6.45, 7) is 1.41. The molecule has 17 heavy (non-hydrogen) atoms. The van der Waals surface area contributed by atoms with Gasteiger partial charge in [-0.1, -0.05) is 12.1 Å². The Balaban J connectivity index is 2.23. The fraction of sp³-hybridized carbons (Fsp3) is 0.417. The third kappa shape index (κ3) is 5.33. The first-order valence-corrected chi connectivity index (χ1v) is 5.45. The van der Waals surface area contributed by atoms with Crippen LogP contribution in [0.2, 0.25) is 0 Å². The summed E-state index contributed by atoms with van der Waals surface area (Å²) in [4.78, 5) is 11.5. The predicted molar refractivity (Wildman–Crippen MR) is 66.8 cm³/mol. The van der Waals surface area contributed by atoms with Crippen LogP contribution in [0.25, 0.3) is 0 Å². The maximum atomic E-state index is 11.5. The summed E-state index contributed by atoms with van der Waals surface area (Å²) in [7, 11) is 1.61. The lowest BCUT2D eigenvalue weighted by Gasteiger charge is -2.08. The summed E-state index contributed by atoms with van der Waals surface area (Å²) in [6.07, 6.45) is 0.304. The number of carbonyl (C=O) groups excluding carboxylic acids is 1. The lowest BCUT2D eigenvalue weighted by atomic mass is 10.2. The zero-order valence-corrected chi connectivity index (χ0v) is 9.94. The number of benzene rings is 1. The minimum atomic E-state index is -0.111. The van der Waals surface area contributed by atoms with Crippen LogP contribution in [0.4, 0.5) is 11.4 Å². The van der Waals surface area contributed by atoms with Gasteiger partial charge in [0.1, 0.15) is 0 Å². The molecule has 0 aliphatic rings. The number of anilines is 2. The van der Waals surface area contributed by atoms with Crippen LogP contribution in [0.3, 0.4) is 0 Å². The van der Waals surface area contributed by atoms with Gasteiger partial charge in [0.15, 0.2) is 0 Å². The van der Waals surface area contributed by atoms with E-state index in [-0.39, 0.29) is 5.91 Å². The first-order chi connectivity index (χ1) is 8.24. The van der Waals surface area contributed by atoms with Crippen molar-refractivity contribution in [3.05, 3.63) is 24.3 Å². The number of nitrogen functional groups attached to an aromatic ring is 1. The molecule has 0 unspecified atom stereocenters. The van der Waals surface area contributed by atoms with E-state index in [4.69, 9.17) is 15.2 Å². The molecule has 94 valence electrons. The highest BCUT2D eigenvalue weighted by atomic mass is 16.5. The standard InChI is InChI=1S/C12H18N2O3/c1-16-8-9-17-7-6-12(15)14-11-5-3-2-4-10(11)13/h2-5H,6-9,13H2,1H3,(H,14,15). The molecule has 1 rings (SSSR count). The second kappa shape index (κ2) is 7.65. The predicted octanol–water partition coefficient (Wildman–Crippen LogP) is 1.26. The molecular formula is C12H18N2O3. The number of amides is 1. The first-order valence-electron chi connectivity index (χ1n) is 5.45. The molecule has 0 aliphatic carbocycles. The Morgan fingerprint density at radius 3 is 2.76 bits per heavy atom. The van der Waals surface area contributed by atoms with Gasteiger partial charge in [0.25, 0.3) is 0 Å². The van der Waals surface area contributed by atoms with Gasteiger partial charge >= 0.3 is 0 Å². The van der Waals surface area contributed by atoms with Gasteiger partial charge < -0.3 is 20.5 Å². The number of carbonyl (C=O) groups is 1. The van der Waals surface area contributed by atoms with Crippen LogP contribution in [-0.2, 0) is 14.3 Å². The van der Waals surface area contributed by atoms with Gasteiger partial charge in [-0.15, -0.1) is 0 Å². The van der Waals surface area contributed by atoms with Gasteiger partial charge in [-0.25, -0.2) is 0 Å². The summed E-state index contributed by atoms with van der Waals surface area (Å²) >= 11 is 0. The highest BCUT2D eigenvalue weighted by Crippen LogP contribution is 2.16. The maximum absolute atomic E-state index is 11.5. The molecule has 0 saturated heterocycles. The van der Waals surface area contributed by atoms with Crippen molar-refractivity contribution in [1.29, 1.82) is 0 Å². The Morgan fingerprint density at radius 2 is 2.06 bits per heavy atom. The van der Waals surface area contributed by atoms with E-state index in [1.165, 1.54) is 0 Å². The van der Waals surface area contributed by atoms with E-state index < -0.39 is 0 Å². The normalized spacial score (nSPS) is 10.2. The van der Waals surface area contributed by atoms with E-state index in [1.807, 2.05) is 12.1 Å². The van der Waals surface area contributed by atoms with Crippen LogP contribution in [0.5, 0.6) is 0 Å². The zero-order valence-electron chi connectivity index (χ0n) is 9.94. The number of methoxy groups -OCH3 is 1. The van der Waals surface area contributed by atoms with Crippen LogP contribution < -0.4 is 11.1 Å². The minimum Gasteiger partial charge on any atom is -0.397 e. The van der Waals surface area contributed by atoms with Gasteiger partial charge in [-0.05, 0) is 12.1 Å². The molecule has 0 aliphatic heterocycles. The molecule has 0 heterocycles. The van der Waals surface area contributed by atoms with Gasteiger partial charge in [0.2, 0.25) is 5.91 Å². The van der Waals surface area contributed by atoms with Crippen molar-refractivity contribution in [3.8, 4) is 0 Å². The van der Waals surface area contributed by atoms with E-state index in [9.17, 15) is 4.79 Å². The molecule has 0 aromatic heterocycles. The molecule has 3 N–H and O–H groups in total. The number of nitrogens with one attached hydrogen (secondary N) is 1. The Kier molecular flexibility index (Phi) is 6.06. The summed E-state index contributed by atoms with van der Waals surface area (Å²) in [5, 5.41) is 2.73. The molecule has 1 aromatic carbocycles. The van der Waals surface area contributed by atoms with Gasteiger partial charge in [-0.3, -0.25) is 4.79 Å². The lowest BCUT2D eigenvalue weighted by Crippen LogP contribution is -2.15. The number of para-hydroxylation sites is 2. The highest BCUT2D eigenvalue weighted by Gasteiger charge is 2.04. The van der Waals surface area contributed by atoms with Crippen molar-refractivity contribution < 1.29 is 14.3 Å². The van der Waals surface area contributed by atoms with Crippen molar-refractivity contribution in [2.45, 2.75) is 6.42 Å². The van der Waals surface area contributed by atoms with Crippen molar-refractivity contribution in [2.75, 3.05) is 38.0 Å². The van der Waals surface area contributed by atoms with E-state index in [1.54, 1.807) is 19.2 Å². The molecule has 0 atom stereocenters. The van der Waals surface area contributed by atoms with E-state index in [2.05, 4.69) is 5.32 Å². The molecule has 0 spiro atoms. The fourth-order valence-electron chi connectivity index (χ4n) is 1.23. The fourth-order valence-corrected chi connectivity index (χ4v) is 1.23. The monoisotopic (exact) mass is 238 g/mol. The molecule has 0 bridgehead atoms. The number of hydrogen-bond donors (Lipinski definition) is 2. The van der Waals surface area contributed by atoms with Crippen LogP contribution in [0.1, 0.15) is 6.42 Å². The quantitative estimate of drug-likeness (QED) is 0.554. The van der Waals surface area contributed by atoms with Crippen LogP contribution in [0, 0.1) is 0 Å². The Hall–Kier alpha value is -1.59. The smallest absolute Gasteiger partial charge is 0.226 e. The third-order valence-electron chi connectivity index (χ3n) is 2.14. The van der Waals surface area contributed by atoms with E-state index in [0.717, 1.165) is 0 Å². The van der Waals surface area contributed by atoms with Gasteiger partial charge in [0.05, 0.1) is 37.6 Å². The average molecular weight is 238 g/mol. The molecule has 5 heteroatoms. The summed E-state index contributed by atoms with van der Waals surface area (Å²) in [5.74, 6) is -0.111. The highest BCUT2D eigenvalue weighted by molar-refractivity contribution is 5.93. The molecule has 0 fully saturated rings. The first kappa shape index (κ1) is 13.5. The summed E-state index contributed by atoms with van der Waals surface area (Å²) < 4.78 is 10.0. The molecule has 0 radical (unpaired) electrons. The van der Waals surface area contributed by atoms with Gasteiger partial charge in [-0.2, -0.15) is 0 Å². The molecule has 0 saturated carbocycles. The molecule has 1 amide bonds. The maximum Gasteiger partial charge on any atom is 0.226 e. The minimum absolute atomic E-state index is 0.111. The number of hydrogen-bond acceptors (Lipinski definition) is 4. The van der Waals surface area contributed by atoms with Crippen molar-refractivity contribution in [2.24, 2.45) is 0 Å². The van der Waals surface area contributed by atoms with Crippen LogP contribution in [-0.4, -0.2) is 32.8 Å². The zero-order chi connectivity index (χ0) is 12.5. The second-order valence-corrected chi connectivity index (χ2v) is 3.49. The Bertz CT molecular complexity index is 355. The number of rotatable bonds is 7. The van der Waals surface area contributed by atoms with Crippen molar-refractivity contribution >= 4 is 17.3 Å².